The van der Waals surface area contributed by atoms with Crippen LogP contribution >= 0.6 is 11.6 Å². The Balaban J connectivity index is 0.000000620. The summed E-state index contributed by atoms with van der Waals surface area (Å²) < 4.78 is 40.4. The van der Waals surface area contributed by atoms with Gasteiger partial charge in [0.25, 0.3) is 0 Å². The number of pyridine rings is 1. The topological polar surface area (TPSA) is 116 Å². The number of benzene rings is 1. The van der Waals surface area contributed by atoms with E-state index in [2.05, 4.69) is 15.0 Å². The highest BCUT2D eigenvalue weighted by atomic mass is 35.5. The van der Waals surface area contributed by atoms with Crippen molar-refractivity contribution < 1.29 is 32.9 Å². The van der Waals surface area contributed by atoms with Crippen molar-refractivity contribution in [1.29, 1.82) is 5.41 Å². The second-order valence-electron chi connectivity index (χ2n) is 6.86. The zero-order valence-corrected chi connectivity index (χ0v) is 19.5. The van der Waals surface area contributed by atoms with E-state index in [1.807, 2.05) is 6.92 Å². The first-order valence-electron chi connectivity index (χ1n) is 10.3. The number of alkyl halides is 3. The van der Waals surface area contributed by atoms with Crippen LogP contribution in [0.2, 0.25) is 0 Å². The number of ketones is 1. The Morgan fingerprint density at radius 3 is 2.41 bits per heavy atom. The number of allylic oxidation sites excluding steroid dienone is 1. The SMILES string of the molecule is CCC(=N)c1c(C(O)CO)ccnc1Nc1ccc(OC(F)(F)F)cc1.CCCC(=O)/C=C\Cl. The van der Waals surface area contributed by atoms with Crippen LogP contribution < -0.4 is 10.1 Å². The Labute approximate surface area is 200 Å². The largest absolute Gasteiger partial charge is 0.573 e. The number of aliphatic hydroxyl groups excluding tert-OH is 2. The number of hydrogen-bond acceptors (Lipinski definition) is 7. The predicted octanol–water partition coefficient (Wildman–Crippen LogP) is 5.64. The van der Waals surface area contributed by atoms with Gasteiger partial charge in [-0.05, 0) is 54.8 Å². The molecule has 0 amide bonds. The lowest BCUT2D eigenvalue weighted by Gasteiger charge is -2.18. The van der Waals surface area contributed by atoms with Crippen LogP contribution in [0.4, 0.5) is 24.7 Å². The zero-order chi connectivity index (χ0) is 25.7. The minimum Gasteiger partial charge on any atom is -0.406 e. The summed E-state index contributed by atoms with van der Waals surface area (Å²) in [7, 11) is 0. The maximum absolute atomic E-state index is 12.2. The molecule has 11 heteroatoms. The molecular weight excluding hydrogens is 475 g/mol. The number of carbonyl (C=O) groups is 1. The van der Waals surface area contributed by atoms with E-state index < -0.39 is 19.1 Å². The number of nitrogens with zero attached hydrogens (tertiary/aromatic N) is 1. The third-order valence-corrected chi connectivity index (χ3v) is 4.39. The first-order chi connectivity index (χ1) is 16.1. The molecule has 0 saturated carbocycles. The lowest BCUT2D eigenvalue weighted by molar-refractivity contribution is -0.274. The molecule has 1 aromatic heterocycles. The van der Waals surface area contributed by atoms with Crippen LogP contribution in [0, 0.1) is 5.41 Å². The molecule has 1 heterocycles. The molecule has 0 aliphatic heterocycles. The normalized spacial score (nSPS) is 12.0. The van der Waals surface area contributed by atoms with E-state index in [1.54, 1.807) is 6.92 Å². The molecule has 4 N–H and O–H groups in total. The molecule has 0 aliphatic carbocycles. The Bertz CT molecular complexity index is 967. The van der Waals surface area contributed by atoms with Crippen molar-refractivity contribution in [2.24, 2.45) is 0 Å². The van der Waals surface area contributed by atoms with Crippen molar-refractivity contribution in [3.63, 3.8) is 0 Å². The zero-order valence-electron chi connectivity index (χ0n) is 18.7. The van der Waals surface area contributed by atoms with Gasteiger partial charge in [0.05, 0.1) is 6.61 Å². The highest BCUT2D eigenvalue weighted by Gasteiger charge is 2.31. The van der Waals surface area contributed by atoms with E-state index in [-0.39, 0.29) is 23.1 Å². The Hall–Kier alpha value is -2.95. The van der Waals surface area contributed by atoms with E-state index in [9.17, 15) is 28.2 Å². The number of aliphatic hydroxyl groups is 2. The summed E-state index contributed by atoms with van der Waals surface area (Å²) in [4.78, 5) is 14.6. The molecule has 0 aliphatic rings. The van der Waals surface area contributed by atoms with Gasteiger partial charge in [-0.15, -0.1) is 13.2 Å². The summed E-state index contributed by atoms with van der Waals surface area (Å²) in [6.45, 7) is 3.20. The fourth-order valence-electron chi connectivity index (χ4n) is 2.72. The molecular formula is C23H27ClF3N3O4. The van der Waals surface area contributed by atoms with Gasteiger partial charge in [-0.25, -0.2) is 4.98 Å². The highest BCUT2D eigenvalue weighted by Crippen LogP contribution is 2.29. The summed E-state index contributed by atoms with van der Waals surface area (Å²) in [5.41, 5.74) is 2.55. The number of rotatable bonds is 10. The number of halogens is 4. The fourth-order valence-corrected chi connectivity index (χ4v) is 2.86. The van der Waals surface area contributed by atoms with Gasteiger partial charge in [0.2, 0.25) is 0 Å². The molecule has 1 atom stereocenters. The summed E-state index contributed by atoms with van der Waals surface area (Å²) in [5, 5.41) is 30.2. The van der Waals surface area contributed by atoms with Crippen LogP contribution in [-0.2, 0) is 4.79 Å². The Kier molecular flexibility index (Phi) is 12.3. The molecule has 2 aromatic rings. The third-order valence-electron chi connectivity index (χ3n) is 4.27. The van der Waals surface area contributed by atoms with Gasteiger partial charge in [0.15, 0.2) is 5.78 Å². The standard InChI is InChI=1S/C17H18F3N3O3.C6H9ClO/c1-2-13(21)15-12(14(25)9-24)7-8-22-16(15)23-10-3-5-11(6-4-10)26-17(18,19)20;1-2-3-6(8)4-5-7/h3-8,14,21,24-25H,2,9H2,1H3,(H,22,23);4-5H,2-3H2,1H3/b;5-4-. The van der Waals surface area contributed by atoms with Crippen LogP contribution in [0.5, 0.6) is 5.75 Å². The average Bonchev–Trinajstić information content (AvgIpc) is 2.79. The van der Waals surface area contributed by atoms with Gasteiger partial charge >= 0.3 is 6.36 Å². The molecule has 7 nitrogen and oxygen atoms in total. The molecule has 0 radical (unpaired) electrons. The highest BCUT2D eigenvalue weighted by molar-refractivity contribution is 6.26. The van der Waals surface area contributed by atoms with Crippen LogP contribution in [0.15, 0.2) is 48.1 Å². The molecule has 1 aromatic carbocycles. The quantitative estimate of drug-likeness (QED) is 0.247. The first-order valence-corrected chi connectivity index (χ1v) is 10.8. The number of ether oxygens (including phenoxy) is 1. The fraction of sp³-hybridized carbons (Fsp3) is 0.348. The lowest BCUT2D eigenvalue weighted by Crippen LogP contribution is -2.17. The Morgan fingerprint density at radius 2 is 1.91 bits per heavy atom. The van der Waals surface area contributed by atoms with Crippen molar-refractivity contribution in [1.82, 2.24) is 4.98 Å². The van der Waals surface area contributed by atoms with E-state index in [0.29, 0.717) is 29.7 Å². The van der Waals surface area contributed by atoms with E-state index >= 15 is 0 Å². The molecule has 186 valence electrons. The molecule has 0 fully saturated rings. The molecule has 34 heavy (non-hydrogen) atoms. The van der Waals surface area contributed by atoms with Crippen LogP contribution in [-0.4, -0.2) is 39.7 Å². The van der Waals surface area contributed by atoms with Crippen molar-refractivity contribution in [2.75, 3.05) is 11.9 Å². The van der Waals surface area contributed by atoms with Gasteiger partial charge < -0.3 is 25.7 Å². The molecule has 0 saturated heterocycles. The maximum atomic E-state index is 12.2. The second kappa shape index (κ2) is 14.3. The Morgan fingerprint density at radius 1 is 1.26 bits per heavy atom. The maximum Gasteiger partial charge on any atom is 0.573 e. The molecule has 0 spiro atoms. The van der Waals surface area contributed by atoms with Gasteiger partial charge in [0.1, 0.15) is 17.7 Å². The van der Waals surface area contributed by atoms with Gasteiger partial charge in [-0.1, -0.05) is 25.4 Å². The third kappa shape index (κ3) is 9.90. The monoisotopic (exact) mass is 501 g/mol. The number of nitrogens with one attached hydrogen (secondary N) is 2. The van der Waals surface area contributed by atoms with Crippen molar-refractivity contribution in [3.05, 3.63) is 59.3 Å². The van der Waals surface area contributed by atoms with Crippen LogP contribution in [0.1, 0.15) is 50.3 Å². The number of anilines is 2. The summed E-state index contributed by atoms with van der Waals surface area (Å²) in [5.74, 6) is -0.00386. The minimum absolute atomic E-state index is 0.0995. The number of hydrogen-bond donors (Lipinski definition) is 4. The molecule has 0 bridgehead atoms. The summed E-state index contributed by atoms with van der Waals surface area (Å²) >= 11 is 5.13. The van der Waals surface area contributed by atoms with Gasteiger partial charge in [-0.2, -0.15) is 0 Å². The molecule has 1 unspecified atom stereocenters. The summed E-state index contributed by atoms with van der Waals surface area (Å²) in [6, 6.07) is 6.54. The van der Waals surface area contributed by atoms with E-state index in [4.69, 9.17) is 17.0 Å². The van der Waals surface area contributed by atoms with Gasteiger partial charge in [0, 0.05) is 35.1 Å². The second-order valence-corrected chi connectivity index (χ2v) is 7.11. The van der Waals surface area contributed by atoms with Crippen molar-refractivity contribution >= 4 is 34.6 Å². The van der Waals surface area contributed by atoms with Crippen molar-refractivity contribution in [2.45, 2.75) is 45.6 Å². The van der Waals surface area contributed by atoms with Crippen molar-refractivity contribution in [3.8, 4) is 5.75 Å². The average molecular weight is 502 g/mol. The minimum atomic E-state index is -4.77. The number of aromatic nitrogens is 1. The molecule has 2 rings (SSSR count). The lowest BCUT2D eigenvalue weighted by atomic mass is 9.98. The number of carbonyl (C=O) groups excluding carboxylic acids is 1. The predicted molar refractivity (Wildman–Crippen MR) is 125 cm³/mol. The van der Waals surface area contributed by atoms with E-state index in [1.165, 1.54) is 36.0 Å². The smallest absolute Gasteiger partial charge is 0.406 e. The van der Waals surface area contributed by atoms with E-state index in [0.717, 1.165) is 18.6 Å². The van der Waals surface area contributed by atoms with Crippen LogP contribution in [0.3, 0.4) is 0 Å². The first kappa shape index (κ1) is 29.1. The van der Waals surface area contributed by atoms with Gasteiger partial charge in [-0.3, -0.25) is 4.79 Å². The summed E-state index contributed by atoms with van der Waals surface area (Å²) in [6.07, 6.45) is -1.31. The van der Waals surface area contributed by atoms with Crippen LogP contribution in [0.25, 0.3) is 0 Å².